The van der Waals surface area contributed by atoms with Crippen molar-refractivity contribution in [2.75, 3.05) is 0 Å². The zero-order chi connectivity index (χ0) is 22.6. The molecule has 33 heavy (non-hydrogen) atoms. The maximum absolute atomic E-state index is 15.4. The molecule has 0 bridgehead atoms. The predicted octanol–water partition coefficient (Wildman–Crippen LogP) is 5.86. The molecule has 1 fully saturated rings. The van der Waals surface area contributed by atoms with Crippen LogP contribution in [-0.4, -0.2) is 55.0 Å². The van der Waals surface area contributed by atoms with Crippen LogP contribution in [0.15, 0.2) is 52.5 Å². The fraction of sp³-hybridized carbons (Fsp3) is 0.217. The van der Waals surface area contributed by atoms with Crippen LogP contribution >= 0.6 is 23.4 Å². The number of rotatable bonds is 6. The molecular formula is C23H19ClF2N3NaO2S. The number of fused-ring (bicyclic) bond motifs is 1. The van der Waals surface area contributed by atoms with Gasteiger partial charge in [0.2, 0.25) is 0 Å². The van der Waals surface area contributed by atoms with Crippen molar-refractivity contribution in [3.63, 3.8) is 0 Å². The molecule has 0 radical (unpaired) electrons. The Morgan fingerprint density at radius 3 is 2.64 bits per heavy atom. The molecule has 0 amide bonds. The molecule has 2 aromatic carbocycles. The summed E-state index contributed by atoms with van der Waals surface area (Å²) in [6, 6.07) is 7.49. The Hall–Kier alpha value is -1.84. The number of nitrogens with zero attached hydrogens (tertiary/aromatic N) is 3. The second kappa shape index (κ2) is 9.43. The Morgan fingerprint density at radius 2 is 2.00 bits per heavy atom. The molecule has 4 aromatic rings. The van der Waals surface area contributed by atoms with Crippen molar-refractivity contribution in [2.24, 2.45) is 0 Å². The molecule has 10 heteroatoms. The van der Waals surface area contributed by atoms with Gasteiger partial charge < -0.3 is 9.67 Å². The van der Waals surface area contributed by atoms with Crippen LogP contribution in [0, 0.1) is 11.6 Å². The van der Waals surface area contributed by atoms with Crippen LogP contribution in [0.2, 0.25) is 5.02 Å². The van der Waals surface area contributed by atoms with Gasteiger partial charge in [0, 0.05) is 39.5 Å². The summed E-state index contributed by atoms with van der Waals surface area (Å²) >= 11 is 7.25. The molecule has 0 aliphatic heterocycles. The van der Waals surface area contributed by atoms with Gasteiger partial charge in [0.25, 0.3) is 0 Å². The van der Waals surface area contributed by atoms with E-state index in [0.29, 0.717) is 28.0 Å². The van der Waals surface area contributed by atoms with Crippen molar-refractivity contribution < 1.29 is 18.7 Å². The Bertz CT molecular complexity index is 1380. The molecule has 0 unspecified atom stereocenters. The van der Waals surface area contributed by atoms with E-state index in [-0.39, 0.29) is 45.4 Å². The number of aryl methyl sites for hydroxylation is 1. The topological polar surface area (TPSA) is 60.0 Å². The van der Waals surface area contributed by atoms with E-state index >= 15 is 4.39 Å². The van der Waals surface area contributed by atoms with Gasteiger partial charge in [-0.1, -0.05) is 29.4 Å². The van der Waals surface area contributed by atoms with Crippen molar-refractivity contribution >= 4 is 69.8 Å². The summed E-state index contributed by atoms with van der Waals surface area (Å²) in [4.78, 5) is 12.3. The molecule has 5 nitrogen and oxygen atoms in total. The normalized spacial score (nSPS) is 13.3. The molecule has 1 N–H and O–H groups in total. The standard InChI is InChI=1S/C23H18ClF2N3O2S.Na.H/c1-2-28-11-13(10-27-28)29-20(12-6-7-12)22(15-8-9-16(24)19(26)21(15)29)32-17-5-3-4-14(18(17)25)23(30)31;;/h3-5,8-12H,2,6-7H2,1H3,(H,30,31);;. The van der Waals surface area contributed by atoms with Crippen LogP contribution in [0.25, 0.3) is 16.6 Å². The molecule has 1 aliphatic carbocycles. The van der Waals surface area contributed by atoms with Crippen LogP contribution in [-0.2, 0) is 6.54 Å². The Morgan fingerprint density at radius 1 is 1.24 bits per heavy atom. The first kappa shape index (κ1) is 24.3. The third-order valence-electron chi connectivity index (χ3n) is 5.58. The van der Waals surface area contributed by atoms with E-state index in [9.17, 15) is 14.3 Å². The van der Waals surface area contributed by atoms with Crippen LogP contribution in [0.3, 0.4) is 0 Å². The van der Waals surface area contributed by atoms with Gasteiger partial charge in [0.1, 0.15) is 0 Å². The van der Waals surface area contributed by atoms with E-state index in [1.807, 2.05) is 17.7 Å². The maximum atomic E-state index is 15.4. The number of carboxylic acid groups (broad SMARTS) is 1. The van der Waals surface area contributed by atoms with Crippen molar-refractivity contribution in [1.82, 2.24) is 14.3 Å². The first-order chi connectivity index (χ1) is 15.4. The first-order valence-corrected chi connectivity index (χ1v) is 11.3. The van der Waals surface area contributed by atoms with Gasteiger partial charge in [-0.15, -0.1) is 0 Å². The third kappa shape index (κ3) is 4.23. The number of carboxylic acids is 1. The molecule has 0 saturated heterocycles. The van der Waals surface area contributed by atoms with Crippen molar-refractivity contribution in [3.8, 4) is 5.69 Å². The van der Waals surface area contributed by atoms with Gasteiger partial charge in [0.05, 0.1) is 28.0 Å². The van der Waals surface area contributed by atoms with Gasteiger partial charge in [-0.3, -0.25) is 4.68 Å². The van der Waals surface area contributed by atoms with Crippen LogP contribution in [0.1, 0.15) is 41.7 Å². The average Bonchev–Trinajstić information content (AvgIpc) is 3.40. The molecule has 1 aliphatic rings. The summed E-state index contributed by atoms with van der Waals surface area (Å²) in [6.45, 7) is 2.62. The molecule has 166 valence electrons. The van der Waals surface area contributed by atoms with Crippen LogP contribution < -0.4 is 0 Å². The minimum absolute atomic E-state index is 0. The molecule has 1 saturated carbocycles. The van der Waals surface area contributed by atoms with E-state index in [1.54, 1.807) is 16.9 Å². The number of hydrogen-bond acceptors (Lipinski definition) is 3. The van der Waals surface area contributed by atoms with E-state index < -0.39 is 23.2 Å². The Labute approximate surface area is 220 Å². The number of hydrogen-bond donors (Lipinski definition) is 1. The predicted molar refractivity (Wildman–Crippen MR) is 126 cm³/mol. The SMILES string of the molecule is CCn1cc(-n2c(C3CC3)c(Sc3cccc(C(=O)O)c3F)c3ccc(Cl)c(F)c32)cn1.[NaH]. The van der Waals surface area contributed by atoms with Gasteiger partial charge in [-0.25, -0.2) is 13.6 Å². The van der Waals surface area contributed by atoms with E-state index in [2.05, 4.69) is 5.10 Å². The molecular weight excluding hydrogens is 479 g/mol. The Kier molecular flexibility index (Phi) is 6.94. The summed E-state index contributed by atoms with van der Waals surface area (Å²) in [5.41, 5.74) is 1.48. The number of benzene rings is 2. The molecule has 0 spiro atoms. The monoisotopic (exact) mass is 497 g/mol. The van der Waals surface area contributed by atoms with Gasteiger partial charge in [0.15, 0.2) is 11.6 Å². The zero-order valence-corrected chi connectivity index (χ0v) is 18.6. The fourth-order valence-electron chi connectivity index (χ4n) is 3.91. The minimum atomic E-state index is -1.33. The molecule has 5 rings (SSSR count). The van der Waals surface area contributed by atoms with Crippen molar-refractivity contribution in [1.29, 1.82) is 0 Å². The fourth-order valence-corrected chi connectivity index (χ4v) is 5.26. The van der Waals surface area contributed by atoms with E-state index in [0.717, 1.165) is 30.3 Å². The van der Waals surface area contributed by atoms with Crippen LogP contribution in [0.5, 0.6) is 0 Å². The summed E-state index contributed by atoms with van der Waals surface area (Å²) < 4.78 is 33.9. The van der Waals surface area contributed by atoms with Crippen LogP contribution in [0.4, 0.5) is 8.78 Å². The first-order valence-electron chi connectivity index (χ1n) is 10.2. The second-order valence-electron chi connectivity index (χ2n) is 7.66. The number of aromatic nitrogens is 3. The number of carbonyl (C=O) groups is 1. The van der Waals surface area contributed by atoms with E-state index in [4.69, 9.17) is 11.6 Å². The van der Waals surface area contributed by atoms with Gasteiger partial charge in [-0.2, -0.15) is 5.10 Å². The van der Waals surface area contributed by atoms with E-state index in [1.165, 1.54) is 24.3 Å². The van der Waals surface area contributed by atoms with Crippen molar-refractivity contribution in [3.05, 3.63) is 70.6 Å². The zero-order valence-electron chi connectivity index (χ0n) is 17.0. The average molecular weight is 498 g/mol. The number of halogens is 3. The molecule has 2 heterocycles. The summed E-state index contributed by atoms with van der Waals surface area (Å²) in [5.74, 6) is -2.51. The number of aromatic carboxylic acids is 1. The quantitative estimate of drug-likeness (QED) is 0.339. The summed E-state index contributed by atoms with van der Waals surface area (Å²) in [6.07, 6.45) is 5.37. The van der Waals surface area contributed by atoms with Crippen molar-refractivity contribution in [2.45, 2.75) is 42.0 Å². The third-order valence-corrected chi connectivity index (χ3v) is 7.04. The molecule has 2 aromatic heterocycles. The summed E-state index contributed by atoms with van der Waals surface area (Å²) in [7, 11) is 0. The Balaban J connectivity index is 0.00000259. The molecule has 0 atom stereocenters. The summed E-state index contributed by atoms with van der Waals surface area (Å²) in [5, 5.41) is 14.2. The second-order valence-corrected chi connectivity index (χ2v) is 9.12. The van der Waals surface area contributed by atoms with Gasteiger partial charge in [-0.05, 0) is 44.0 Å². The van der Waals surface area contributed by atoms with Gasteiger partial charge >= 0.3 is 35.5 Å².